The van der Waals surface area contributed by atoms with Crippen molar-refractivity contribution in [2.24, 2.45) is 5.10 Å². The first-order valence-corrected chi connectivity index (χ1v) is 9.14. The van der Waals surface area contributed by atoms with E-state index in [1.54, 1.807) is 27.2 Å². The van der Waals surface area contributed by atoms with Crippen LogP contribution in [0.1, 0.15) is 43.4 Å². The summed E-state index contributed by atoms with van der Waals surface area (Å²) >= 11 is 0. The first-order valence-electron chi connectivity index (χ1n) is 9.14. The van der Waals surface area contributed by atoms with Crippen LogP contribution in [-0.4, -0.2) is 32.4 Å². The zero-order chi connectivity index (χ0) is 20.7. The number of hydrogen-bond donors (Lipinski definition) is 1. The maximum atomic E-state index is 12.2. The Kier molecular flexibility index (Phi) is 7.44. The molecule has 0 aliphatic carbocycles. The van der Waals surface area contributed by atoms with Gasteiger partial charge in [-0.2, -0.15) is 5.10 Å². The van der Waals surface area contributed by atoms with Gasteiger partial charge < -0.3 is 14.2 Å². The molecule has 0 radical (unpaired) electrons. The monoisotopic (exact) mass is 384 g/mol. The molecule has 1 N–H and O–H groups in total. The van der Waals surface area contributed by atoms with E-state index in [1.165, 1.54) is 0 Å². The van der Waals surface area contributed by atoms with Crippen LogP contribution < -0.4 is 19.6 Å². The topological polar surface area (TPSA) is 69.2 Å². The lowest BCUT2D eigenvalue weighted by Crippen LogP contribution is -2.26. The highest BCUT2D eigenvalue weighted by atomic mass is 16.5. The number of hydrazone groups is 1. The first-order chi connectivity index (χ1) is 13.3. The third-order valence-corrected chi connectivity index (χ3v) is 4.30. The van der Waals surface area contributed by atoms with Crippen molar-refractivity contribution in [3.63, 3.8) is 0 Å². The zero-order valence-electron chi connectivity index (χ0n) is 17.3. The van der Waals surface area contributed by atoms with Gasteiger partial charge in [-0.15, -0.1) is 0 Å². The molecular formula is C22H28N2O4. The van der Waals surface area contributed by atoms with Gasteiger partial charge in [0.25, 0.3) is 5.91 Å². The van der Waals surface area contributed by atoms with Crippen LogP contribution in [0.3, 0.4) is 0 Å². The molecule has 0 aromatic heterocycles. The molecule has 2 aromatic carbocycles. The third kappa shape index (κ3) is 5.49. The van der Waals surface area contributed by atoms with Gasteiger partial charge in [-0.05, 0) is 55.2 Å². The third-order valence-electron chi connectivity index (χ3n) is 4.30. The van der Waals surface area contributed by atoms with E-state index >= 15 is 0 Å². The van der Waals surface area contributed by atoms with Gasteiger partial charge in [0.15, 0.2) is 18.1 Å². The lowest BCUT2D eigenvalue weighted by molar-refractivity contribution is -0.123. The number of nitrogens with zero attached hydrogens (tertiary/aromatic N) is 1. The summed E-state index contributed by atoms with van der Waals surface area (Å²) in [4.78, 5) is 12.2. The fourth-order valence-electron chi connectivity index (χ4n) is 2.69. The fraction of sp³-hybridized carbons (Fsp3) is 0.364. The summed E-state index contributed by atoms with van der Waals surface area (Å²) in [5, 5.41) is 4.15. The molecule has 1 amide bonds. The number of amides is 1. The summed E-state index contributed by atoms with van der Waals surface area (Å²) in [7, 11) is 3.15. The lowest BCUT2D eigenvalue weighted by Gasteiger charge is -2.14. The summed E-state index contributed by atoms with van der Waals surface area (Å²) in [5.74, 6) is 1.95. The van der Waals surface area contributed by atoms with Gasteiger partial charge in [-0.25, -0.2) is 5.43 Å². The van der Waals surface area contributed by atoms with Crippen LogP contribution in [0, 0.1) is 6.92 Å². The summed E-state index contributed by atoms with van der Waals surface area (Å²) < 4.78 is 16.2. The number of methoxy groups -OCH3 is 2. The molecule has 0 heterocycles. The first kappa shape index (κ1) is 21.3. The van der Waals surface area contributed by atoms with Crippen LogP contribution in [0.25, 0.3) is 0 Å². The molecule has 0 fully saturated rings. The van der Waals surface area contributed by atoms with Gasteiger partial charge in [-0.1, -0.05) is 26.0 Å². The summed E-state index contributed by atoms with van der Waals surface area (Å²) in [6, 6.07) is 11.5. The second-order valence-electron chi connectivity index (χ2n) is 6.79. The van der Waals surface area contributed by atoms with Crippen LogP contribution in [0.5, 0.6) is 17.2 Å². The highest BCUT2D eigenvalue weighted by molar-refractivity contribution is 5.99. The highest BCUT2D eigenvalue weighted by Gasteiger charge is 2.11. The molecule has 6 heteroatoms. The maximum Gasteiger partial charge on any atom is 0.277 e. The molecule has 0 saturated heterocycles. The fourth-order valence-corrected chi connectivity index (χ4v) is 2.69. The van der Waals surface area contributed by atoms with E-state index in [1.807, 2.05) is 37.3 Å². The second-order valence-corrected chi connectivity index (χ2v) is 6.79. The predicted molar refractivity (Wildman–Crippen MR) is 111 cm³/mol. The molecule has 2 rings (SSSR count). The minimum Gasteiger partial charge on any atom is -0.493 e. The number of benzene rings is 2. The Morgan fingerprint density at radius 3 is 2.39 bits per heavy atom. The number of aryl methyl sites for hydroxylation is 1. The molecule has 28 heavy (non-hydrogen) atoms. The smallest absolute Gasteiger partial charge is 0.277 e. The van der Waals surface area contributed by atoms with Crippen molar-refractivity contribution in [2.45, 2.75) is 33.6 Å². The van der Waals surface area contributed by atoms with Crippen LogP contribution in [0.2, 0.25) is 0 Å². The Balaban J connectivity index is 2.01. The van der Waals surface area contributed by atoms with E-state index in [4.69, 9.17) is 14.2 Å². The quantitative estimate of drug-likeness (QED) is 0.551. The van der Waals surface area contributed by atoms with E-state index in [0.717, 1.165) is 22.4 Å². The average molecular weight is 384 g/mol. The molecular weight excluding hydrogens is 356 g/mol. The SMILES string of the molecule is COc1ccc(C(C)=NNC(=O)COc2cc(C)ccc2C(C)C)cc1OC. The Labute approximate surface area is 166 Å². The molecule has 2 aromatic rings. The minimum absolute atomic E-state index is 0.105. The van der Waals surface area contributed by atoms with Crippen molar-refractivity contribution in [1.29, 1.82) is 0 Å². The standard InChI is InChI=1S/C22H28N2O4/c1-14(2)18-9-7-15(3)11-20(18)28-13-22(25)24-23-16(4)17-8-10-19(26-5)21(12-17)27-6/h7-12,14H,13H2,1-6H3,(H,24,25). The van der Waals surface area contributed by atoms with Crippen molar-refractivity contribution in [3.8, 4) is 17.2 Å². The molecule has 0 unspecified atom stereocenters. The highest BCUT2D eigenvalue weighted by Crippen LogP contribution is 2.28. The lowest BCUT2D eigenvalue weighted by atomic mass is 10.0. The molecule has 150 valence electrons. The summed E-state index contributed by atoms with van der Waals surface area (Å²) in [6.07, 6.45) is 0. The van der Waals surface area contributed by atoms with Crippen molar-refractivity contribution in [2.75, 3.05) is 20.8 Å². The number of carbonyl (C=O) groups is 1. The zero-order valence-corrected chi connectivity index (χ0v) is 17.3. The maximum absolute atomic E-state index is 12.2. The number of hydrogen-bond acceptors (Lipinski definition) is 5. The van der Waals surface area contributed by atoms with Gasteiger partial charge >= 0.3 is 0 Å². The van der Waals surface area contributed by atoms with Gasteiger partial charge in [0.2, 0.25) is 0 Å². The molecule has 0 saturated carbocycles. The Bertz CT molecular complexity index is 860. The van der Waals surface area contributed by atoms with E-state index in [-0.39, 0.29) is 12.5 Å². The van der Waals surface area contributed by atoms with Gasteiger partial charge in [-0.3, -0.25) is 4.79 Å². The van der Waals surface area contributed by atoms with E-state index < -0.39 is 0 Å². The second kappa shape index (κ2) is 9.78. The Morgan fingerprint density at radius 1 is 1.04 bits per heavy atom. The van der Waals surface area contributed by atoms with Crippen LogP contribution >= 0.6 is 0 Å². The van der Waals surface area contributed by atoms with Crippen molar-refractivity contribution in [3.05, 3.63) is 53.1 Å². The number of rotatable bonds is 8. The number of ether oxygens (including phenoxy) is 3. The minimum atomic E-state index is -0.323. The van der Waals surface area contributed by atoms with E-state index in [9.17, 15) is 4.79 Å². The molecule has 0 aliphatic heterocycles. The van der Waals surface area contributed by atoms with E-state index in [0.29, 0.717) is 23.1 Å². The van der Waals surface area contributed by atoms with Gasteiger partial charge in [0.05, 0.1) is 19.9 Å². The Morgan fingerprint density at radius 2 is 1.75 bits per heavy atom. The summed E-state index contributed by atoms with van der Waals surface area (Å²) in [5.41, 5.74) is 6.16. The molecule has 6 nitrogen and oxygen atoms in total. The molecule has 0 bridgehead atoms. The normalized spacial score (nSPS) is 11.3. The van der Waals surface area contributed by atoms with Gasteiger partial charge in [0, 0.05) is 5.56 Å². The molecule has 0 atom stereocenters. The van der Waals surface area contributed by atoms with Crippen molar-refractivity contribution < 1.29 is 19.0 Å². The predicted octanol–water partition coefficient (Wildman–Crippen LogP) is 4.05. The van der Waals surface area contributed by atoms with Gasteiger partial charge in [0.1, 0.15) is 5.75 Å². The van der Waals surface area contributed by atoms with Crippen LogP contribution in [0.4, 0.5) is 0 Å². The summed E-state index contributed by atoms with van der Waals surface area (Å²) in [6.45, 7) is 7.88. The molecule has 0 aliphatic rings. The number of nitrogens with one attached hydrogen (secondary N) is 1. The van der Waals surface area contributed by atoms with Crippen molar-refractivity contribution >= 4 is 11.6 Å². The average Bonchev–Trinajstić information content (AvgIpc) is 2.69. The van der Waals surface area contributed by atoms with Crippen LogP contribution in [0.15, 0.2) is 41.5 Å². The Hall–Kier alpha value is -3.02. The van der Waals surface area contributed by atoms with Crippen molar-refractivity contribution in [1.82, 2.24) is 5.43 Å². The number of carbonyl (C=O) groups excluding carboxylic acids is 1. The van der Waals surface area contributed by atoms with E-state index in [2.05, 4.69) is 24.4 Å². The molecule has 0 spiro atoms. The van der Waals surface area contributed by atoms with Crippen LogP contribution in [-0.2, 0) is 4.79 Å². The largest absolute Gasteiger partial charge is 0.493 e.